The van der Waals surface area contributed by atoms with E-state index in [9.17, 15) is 5.26 Å². The molecule has 1 aromatic heterocycles. The molecule has 244 valence electrons. The molecule has 1 aliphatic heterocycles. The number of aromatic nitrogens is 2. The zero-order valence-electron chi connectivity index (χ0n) is 28.3. The molecule has 2 aliphatic carbocycles. The summed E-state index contributed by atoms with van der Waals surface area (Å²) >= 11 is 0. The van der Waals surface area contributed by atoms with E-state index in [4.69, 9.17) is 14.7 Å². The lowest BCUT2D eigenvalue weighted by Gasteiger charge is -2.39. The Balaban J connectivity index is 1.21. The minimum atomic E-state index is -0.649. The summed E-state index contributed by atoms with van der Waals surface area (Å²) in [6.07, 6.45) is 8.68. The largest absolute Gasteiger partial charge is 0.457 e. The molecule has 0 N–H and O–H groups in total. The predicted octanol–water partition coefficient (Wildman–Crippen LogP) is 11.6. The van der Waals surface area contributed by atoms with Gasteiger partial charge in [0.1, 0.15) is 11.5 Å². The molecular formula is C48H31N3O. The van der Waals surface area contributed by atoms with E-state index in [0.29, 0.717) is 11.4 Å². The molecule has 0 radical (unpaired) electrons. The standard InChI is InChI=1S/C48H31N3O/c49-30-34-18-13-23-41-46(34)37-28-33(26-27-38(37)48(41)39-21-9-11-24-44(39)52-45-25-12-10-22-40(45)48)35-19-7-8-20-36(35)47-50-42(31-14-3-1-4-15-31)29-43(51-47)32-16-5-2-6-17-32/h1,3-5,7-29H,2,6H2. The number of rotatable bonds is 4. The lowest BCUT2D eigenvalue weighted by atomic mass is 9.66. The van der Waals surface area contributed by atoms with Crippen molar-refractivity contribution < 1.29 is 4.74 Å². The van der Waals surface area contributed by atoms with E-state index < -0.39 is 5.41 Å². The Morgan fingerprint density at radius 3 is 2.00 bits per heavy atom. The van der Waals surface area contributed by atoms with Crippen LogP contribution in [0.4, 0.5) is 0 Å². The van der Waals surface area contributed by atoms with Crippen LogP contribution >= 0.6 is 0 Å². The van der Waals surface area contributed by atoms with Gasteiger partial charge in [0.05, 0.1) is 28.4 Å². The van der Waals surface area contributed by atoms with E-state index in [0.717, 1.165) is 96.9 Å². The summed E-state index contributed by atoms with van der Waals surface area (Å²) in [6, 6.07) is 52.8. The number of nitriles is 1. The number of nitrogens with zero attached hydrogens (tertiary/aromatic N) is 3. The van der Waals surface area contributed by atoms with Gasteiger partial charge in [-0.2, -0.15) is 5.26 Å². The molecule has 10 rings (SSSR count). The zero-order chi connectivity index (χ0) is 34.6. The van der Waals surface area contributed by atoms with Crippen LogP contribution in [0.15, 0.2) is 164 Å². The molecule has 0 amide bonds. The van der Waals surface area contributed by atoms with Crippen molar-refractivity contribution in [3.63, 3.8) is 0 Å². The van der Waals surface area contributed by atoms with Crippen LogP contribution in [0.2, 0.25) is 0 Å². The maximum Gasteiger partial charge on any atom is 0.161 e. The first-order valence-electron chi connectivity index (χ1n) is 17.7. The fraction of sp³-hybridized carbons (Fsp3) is 0.0625. The molecule has 0 saturated carbocycles. The molecule has 0 bridgehead atoms. The van der Waals surface area contributed by atoms with Gasteiger partial charge < -0.3 is 4.74 Å². The highest BCUT2D eigenvalue weighted by Gasteiger charge is 2.51. The third-order valence-corrected chi connectivity index (χ3v) is 10.6. The molecule has 0 unspecified atom stereocenters. The van der Waals surface area contributed by atoms with Crippen molar-refractivity contribution in [2.45, 2.75) is 18.3 Å². The lowest BCUT2D eigenvalue weighted by molar-refractivity contribution is 0.436. The number of para-hydroxylation sites is 2. The molecule has 3 aliphatic rings. The van der Waals surface area contributed by atoms with Gasteiger partial charge in [-0.05, 0) is 76.6 Å². The summed E-state index contributed by atoms with van der Waals surface area (Å²) in [5, 5.41) is 10.5. The highest BCUT2D eigenvalue weighted by atomic mass is 16.5. The van der Waals surface area contributed by atoms with Gasteiger partial charge in [-0.3, -0.25) is 0 Å². The third kappa shape index (κ3) is 4.46. The molecule has 7 aromatic rings. The average Bonchev–Trinajstić information content (AvgIpc) is 3.51. The van der Waals surface area contributed by atoms with Gasteiger partial charge in [0.25, 0.3) is 0 Å². The molecule has 4 heteroatoms. The average molecular weight is 666 g/mol. The minimum Gasteiger partial charge on any atom is -0.457 e. The third-order valence-electron chi connectivity index (χ3n) is 10.6. The van der Waals surface area contributed by atoms with E-state index in [1.165, 1.54) is 0 Å². The Hall–Kier alpha value is -6.83. The van der Waals surface area contributed by atoms with Gasteiger partial charge >= 0.3 is 0 Å². The summed E-state index contributed by atoms with van der Waals surface area (Å²) < 4.78 is 6.52. The molecule has 4 nitrogen and oxygen atoms in total. The van der Waals surface area contributed by atoms with Crippen LogP contribution < -0.4 is 4.74 Å². The van der Waals surface area contributed by atoms with Crippen LogP contribution in [0.5, 0.6) is 11.5 Å². The quantitative estimate of drug-likeness (QED) is 0.188. The Morgan fingerprint density at radius 2 is 1.25 bits per heavy atom. The van der Waals surface area contributed by atoms with Crippen molar-refractivity contribution in [2.24, 2.45) is 0 Å². The van der Waals surface area contributed by atoms with Gasteiger partial charge in [-0.25, -0.2) is 9.97 Å². The lowest BCUT2D eigenvalue weighted by Crippen LogP contribution is -2.32. The highest BCUT2D eigenvalue weighted by Crippen LogP contribution is 2.62. The molecule has 0 saturated heterocycles. The van der Waals surface area contributed by atoms with Crippen molar-refractivity contribution in [2.75, 3.05) is 0 Å². The maximum atomic E-state index is 10.5. The van der Waals surface area contributed by atoms with Crippen LogP contribution in [-0.2, 0) is 5.41 Å². The number of hydrogen-bond acceptors (Lipinski definition) is 4. The molecule has 6 aromatic carbocycles. The number of allylic oxidation sites excluding steroid dienone is 4. The van der Waals surface area contributed by atoms with Crippen molar-refractivity contribution >= 4 is 5.57 Å². The fourth-order valence-electron chi connectivity index (χ4n) is 8.42. The summed E-state index contributed by atoms with van der Waals surface area (Å²) in [7, 11) is 0. The second-order valence-corrected chi connectivity index (χ2v) is 13.5. The highest BCUT2D eigenvalue weighted by molar-refractivity contribution is 5.94. The molecule has 2 heterocycles. The van der Waals surface area contributed by atoms with Gasteiger partial charge in [0.15, 0.2) is 5.82 Å². The van der Waals surface area contributed by atoms with E-state index in [-0.39, 0.29) is 0 Å². The first kappa shape index (κ1) is 30.0. The van der Waals surface area contributed by atoms with Crippen molar-refractivity contribution in [1.29, 1.82) is 5.26 Å². The Labute approximate surface area is 302 Å². The van der Waals surface area contributed by atoms with Gasteiger partial charge in [-0.15, -0.1) is 0 Å². The molecule has 0 fully saturated rings. The minimum absolute atomic E-state index is 0.649. The zero-order valence-corrected chi connectivity index (χ0v) is 28.3. The van der Waals surface area contributed by atoms with Gasteiger partial charge in [-0.1, -0.05) is 133 Å². The number of benzene rings is 6. The Morgan fingerprint density at radius 1 is 0.558 bits per heavy atom. The van der Waals surface area contributed by atoms with Gasteiger partial charge in [0.2, 0.25) is 0 Å². The summed E-state index contributed by atoms with van der Waals surface area (Å²) in [5.41, 5.74) is 13.3. The van der Waals surface area contributed by atoms with E-state index in [1.807, 2.05) is 54.6 Å². The topological polar surface area (TPSA) is 58.8 Å². The molecule has 0 atom stereocenters. The monoisotopic (exact) mass is 665 g/mol. The van der Waals surface area contributed by atoms with Crippen LogP contribution in [0.25, 0.3) is 50.5 Å². The number of fused-ring (bicyclic) bond motifs is 9. The molecule has 1 spiro atoms. The second-order valence-electron chi connectivity index (χ2n) is 13.5. The number of ether oxygens (including phenoxy) is 1. The normalized spacial score (nSPS) is 14.3. The van der Waals surface area contributed by atoms with Crippen molar-refractivity contribution in [3.05, 3.63) is 197 Å². The van der Waals surface area contributed by atoms with E-state index in [2.05, 4.69) is 115 Å². The number of hydrogen-bond donors (Lipinski definition) is 0. The maximum absolute atomic E-state index is 10.5. The van der Waals surface area contributed by atoms with Crippen LogP contribution in [0, 0.1) is 11.3 Å². The summed E-state index contributed by atoms with van der Waals surface area (Å²) in [6.45, 7) is 0. The molecule has 52 heavy (non-hydrogen) atoms. The Kier molecular flexibility index (Phi) is 6.87. The smallest absolute Gasteiger partial charge is 0.161 e. The summed E-state index contributed by atoms with van der Waals surface area (Å²) in [4.78, 5) is 10.4. The van der Waals surface area contributed by atoms with Crippen LogP contribution in [-0.4, -0.2) is 9.97 Å². The van der Waals surface area contributed by atoms with Crippen LogP contribution in [0.3, 0.4) is 0 Å². The fourth-order valence-corrected chi connectivity index (χ4v) is 8.42. The first-order valence-corrected chi connectivity index (χ1v) is 17.7. The first-order chi connectivity index (χ1) is 25.7. The predicted molar refractivity (Wildman–Crippen MR) is 207 cm³/mol. The van der Waals surface area contributed by atoms with E-state index >= 15 is 0 Å². The Bertz CT molecular complexity index is 2640. The molecular weight excluding hydrogens is 635 g/mol. The van der Waals surface area contributed by atoms with Gasteiger partial charge in [0, 0.05) is 27.8 Å². The van der Waals surface area contributed by atoms with Crippen molar-refractivity contribution in [1.82, 2.24) is 9.97 Å². The second kappa shape index (κ2) is 11.9. The van der Waals surface area contributed by atoms with Crippen molar-refractivity contribution in [3.8, 4) is 62.5 Å². The summed E-state index contributed by atoms with van der Waals surface area (Å²) in [5.74, 6) is 2.33. The SMILES string of the molecule is N#Cc1cccc2c1-c1cc(-c3ccccc3-c3nc(C4=CCCC=C4)cc(-c4ccccc4)n3)ccc1C21c2ccccc2Oc2ccccc21. The van der Waals surface area contributed by atoms with E-state index in [1.54, 1.807) is 0 Å². The van der Waals surface area contributed by atoms with Crippen LogP contribution in [0.1, 0.15) is 46.4 Å².